The van der Waals surface area contributed by atoms with Gasteiger partial charge in [0.2, 0.25) is 0 Å². The fraction of sp³-hybridized carbons (Fsp3) is 0.462. The number of nitrogens with one attached hydrogen (secondary N) is 1. The highest BCUT2D eigenvalue weighted by Crippen LogP contribution is 2.13. The van der Waals surface area contributed by atoms with Crippen molar-refractivity contribution in [3.05, 3.63) is 29.8 Å². The molecule has 1 heterocycles. The topological polar surface area (TPSA) is 52.6 Å². The highest BCUT2D eigenvalue weighted by atomic mass is 16.3. The minimum atomic E-state index is -0.0264. The summed E-state index contributed by atoms with van der Waals surface area (Å²) in [4.78, 5) is 13.7. The van der Waals surface area contributed by atoms with E-state index in [1.54, 1.807) is 0 Å². The van der Waals surface area contributed by atoms with Crippen molar-refractivity contribution in [3.8, 4) is 0 Å². The van der Waals surface area contributed by atoms with E-state index in [-0.39, 0.29) is 12.6 Å². The lowest BCUT2D eigenvalue weighted by Crippen LogP contribution is -2.38. The molecule has 0 bridgehead atoms. The number of urea groups is 1. The summed E-state index contributed by atoms with van der Waals surface area (Å²) >= 11 is 0. The fourth-order valence-electron chi connectivity index (χ4n) is 1.99. The van der Waals surface area contributed by atoms with Crippen LogP contribution in [0.3, 0.4) is 0 Å². The molecule has 0 unspecified atom stereocenters. The number of carbonyl (C=O) groups excluding carboxylic acids is 1. The number of anilines is 1. The summed E-state index contributed by atoms with van der Waals surface area (Å²) in [6.07, 6.45) is 3.41. The van der Waals surface area contributed by atoms with Gasteiger partial charge in [0.25, 0.3) is 0 Å². The lowest BCUT2D eigenvalue weighted by Gasteiger charge is -2.26. The van der Waals surface area contributed by atoms with E-state index in [2.05, 4.69) is 5.32 Å². The number of aliphatic hydroxyl groups is 1. The monoisotopic (exact) mass is 234 g/mol. The SMILES string of the molecule is O=C(Nc1ccc(CO)cc1)N1CCCCC1. The smallest absolute Gasteiger partial charge is 0.321 e. The Hall–Kier alpha value is -1.55. The first-order valence-corrected chi connectivity index (χ1v) is 6.05. The molecular weight excluding hydrogens is 216 g/mol. The number of likely N-dealkylation sites (tertiary alicyclic amines) is 1. The van der Waals surface area contributed by atoms with Gasteiger partial charge in [0, 0.05) is 18.8 Å². The minimum Gasteiger partial charge on any atom is -0.392 e. The third-order valence-electron chi connectivity index (χ3n) is 3.03. The van der Waals surface area contributed by atoms with E-state index in [1.165, 1.54) is 6.42 Å². The van der Waals surface area contributed by atoms with E-state index in [9.17, 15) is 4.79 Å². The second-order valence-electron chi connectivity index (χ2n) is 4.33. The molecular formula is C13H18N2O2. The summed E-state index contributed by atoms with van der Waals surface area (Å²) in [5, 5.41) is 11.8. The Morgan fingerprint density at radius 2 is 1.82 bits per heavy atom. The first-order chi connectivity index (χ1) is 8.29. The van der Waals surface area contributed by atoms with E-state index in [4.69, 9.17) is 5.11 Å². The molecule has 1 aromatic carbocycles. The van der Waals surface area contributed by atoms with Crippen molar-refractivity contribution in [2.75, 3.05) is 18.4 Å². The van der Waals surface area contributed by atoms with Crippen LogP contribution in [0.4, 0.5) is 10.5 Å². The van der Waals surface area contributed by atoms with Crippen LogP contribution in [0.25, 0.3) is 0 Å². The van der Waals surface area contributed by atoms with Gasteiger partial charge in [-0.1, -0.05) is 12.1 Å². The van der Waals surface area contributed by atoms with Crippen LogP contribution in [0.5, 0.6) is 0 Å². The van der Waals surface area contributed by atoms with Gasteiger partial charge in [-0.25, -0.2) is 4.79 Å². The molecule has 0 aromatic heterocycles. The molecule has 0 radical (unpaired) electrons. The van der Waals surface area contributed by atoms with Gasteiger partial charge < -0.3 is 15.3 Å². The first kappa shape index (κ1) is 11.9. The van der Waals surface area contributed by atoms with Gasteiger partial charge in [0.15, 0.2) is 0 Å². The Morgan fingerprint density at radius 1 is 1.18 bits per heavy atom. The van der Waals surface area contributed by atoms with Gasteiger partial charge in [0.1, 0.15) is 0 Å². The lowest BCUT2D eigenvalue weighted by atomic mass is 10.1. The quantitative estimate of drug-likeness (QED) is 0.824. The molecule has 4 nitrogen and oxygen atoms in total. The van der Waals surface area contributed by atoms with Crippen LogP contribution >= 0.6 is 0 Å². The lowest BCUT2D eigenvalue weighted by molar-refractivity contribution is 0.200. The molecule has 2 rings (SSSR count). The molecule has 0 atom stereocenters. The van der Waals surface area contributed by atoms with Crippen LogP contribution in [0.15, 0.2) is 24.3 Å². The molecule has 1 aromatic rings. The van der Waals surface area contributed by atoms with E-state index in [1.807, 2.05) is 29.2 Å². The molecule has 1 fully saturated rings. The summed E-state index contributed by atoms with van der Waals surface area (Å²) in [5.74, 6) is 0. The highest BCUT2D eigenvalue weighted by molar-refractivity contribution is 5.89. The molecule has 0 aliphatic carbocycles. The maximum atomic E-state index is 11.9. The Labute approximate surface area is 101 Å². The number of piperidine rings is 1. The minimum absolute atomic E-state index is 0.0264. The number of hydrogen-bond acceptors (Lipinski definition) is 2. The number of aliphatic hydroxyl groups excluding tert-OH is 1. The first-order valence-electron chi connectivity index (χ1n) is 6.05. The molecule has 0 saturated carbocycles. The molecule has 92 valence electrons. The van der Waals surface area contributed by atoms with Crippen LogP contribution < -0.4 is 5.32 Å². The second-order valence-corrected chi connectivity index (χ2v) is 4.33. The fourth-order valence-corrected chi connectivity index (χ4v) is 1.99. The molecule has 1 aliphatic heterocycles. The van der Waals surface area contributed by atoms with Gasteiger partial charge in [-0.05, 0) is 37.0 Å². The van der Waals surface area contributed by atoms with Crippen molar-refractivity contribution in [2.24, 2.45) is 0 Å². The predicted molar refractivity (Wildman–Crippen MR) is 66.8 cm³/mol. The molecule has 2 amide bonds. The number of hydrogen-bond donors (Lipinski definition) is 2. The zero-order valence-corrected chi connectivity index (χ0v) is 9.85. The summed E-state index contributed by atoms with van der Waals surface area (Å²) in [6.45, 7) is 1.72. The van der Waals surface area contributed by atoms with Crippen molar-refractivity contribution in [2.45, 2.75) is 25.9 Å². The van der Waals surface area contributed by atoms with Crippen LogP contribution in [-0.2, 0) is 6.61 Å². The van der Waals surface area contributed by atoms with Crippen molar-refractivity contribution in [1.82, 2.24) is 4.90 Å². The van der Waals surface area contributed by atoms with E-state index in [0.717, 1.165) is 37.2 Å². The number of nitrogens with zero attached hydrogens (tertiary/aromatic N) is 1. The highest BCUT2D eigenvalue weighted by Gasteiger charge is 2.15. The molecule has 1 saturated heterocycles. The average molecular weight is 234 g/mol. The standard InChI is InChI=1S/C13H18N2O2/c16-10-11-4-6-12(7-5-11)14-13(17)15-8-2-1-3-9-15/h4-7,16H,1-3,8-10H2,(H,14,17). The van der Waals surface area contributed by atoms with Crippen molar-refractivity contribution in [3.63, 3.8) is 0 Å². The van der Waals surface area contributed by atoms with Crippen molar-refractivity contribution < 1.29 is 9.90 Å². The predicted octanol–water partition coefficient (Wildman–Crippen LogP) is 2.20. The molecule has 4 heteroatoms. The Balaban J connectivity index is 1.92. The zero-order chi connectivity index (χ0) is 12.1. The molecule has 0 spiro atoms. The van der Waals surface area contributed by atoms with E-state index < -0.39 is 0 Å². The van der Waals surface area contributed by atoms with Gasteiger partial charge in [-0.3, -0.25) is 0 Å². The maximum absolute atomic E-state index is 11.9. The number of rotatable bonds is 2. The summed E-state index contributed by atoms with van der Waals surface area (Å²) in [6, 6.07) is 7.22. The zero-order valence-electron chi connectivity index (χ0n) is 9.85. The Kier molecular flexibility index (Phi) is 3.98. The average Bonchev–Trinajstić information content (AvgIpc) is 2.40. The maximum Gasteiger partial charge on any atom is 0.321 e. The summed E-state index contributed by atoms with van der Waals surface area (Å²) in [5.41, 5.74) is 1.62. The van der Waals surface area contributed by atoms with Crippen LogP contribution in [0.1, 0.15) is 24.8 Å². The van der Waals surface area contributed by atoms with Crippen LogP contribution in [-0.4, -0.2) is 29.1 Å². The molecule has 2 N–H and O–H groups in total. The number of benzene rings is 1. The molecule has 17 heavy (non-hydrogen) atoms. The number of carbonyl (C=O) groups is 1. The largest absolute Gasteiger partial charge is 0.392 e. The van der Waals surface area contributed by atoms with Gasteiger partial charge in [-0.2, -0.15) is 0 Å². The van der Waals surface area contributed by atoms with Gasteiger partial charge in [-0.15, -0.1) is 0 Å². The number of amides is 2. The van der Waals surface area contributed by atoms with Crippen molar-refractivity contribution >= 4 is 11.7 Å². The summed E-state index contributed by atoms with van der Waals surface area (Å²) < 4.78 is 0. The molecule has 1 aliphatic rings. The summed E-state index contributed by atoms with van der Waals surface area (Å²) in [7, 11) is 0. The Morgan fingerprint density at radius 3 is 2.41 bits per heavy atom. The van der Waals surface area contributed by atoms with Crippen LogP contribution in [0, 0.1) is 0 Å². The van der Waals surface area contributed by atoms with Gasteiger partial charge in [0.05, 0.1) is 6.61 Å². The van der Waals surface area contributed by atoms with E-state index >= 15 is 0 Å². The third-order valence-corrected chi connectivity index (χ3v) is 3.03. The van der Waals surface area contributed by atoms with Crippen molar-refractivity contribution in [1.29, 1.82) is 0 Å². The Bertz CT molecular complexity index is 370. The normalized spacial score (nSPS) is 15.7. The van der Waals surface area contributed by atoms with Gasteiger partial charge >= 0.3 is 6.03 Å². The second kappa shape index (κ2) is 5.68. The van der Waals surface area contributed by atoms with E-state index in [0.29, 0.717) is 0 Å². The van der Waals surface area contributed by atoms with Crippen LogP contribution in [0.2, 0.25) is 0 Å². The third kappa shape index (κ3) is 3.20.